The molecule has 0 bridgehead atoms. The molecule has 0 aliphatic carbocycles. The Bertz CT molecular complexity index is 1160. The fourth-order valence-corrected chi connectivity index (χ4v) is 3.09. The van der Waals surface area contributed by atoms with Gasteiger partial charge in [-0.15, -0.1) is 0 Å². The summed E-state index contributed by atoms with van der Waals surface area (Å²) in [5.74, 6) is -1.56. The quantitative estimate of drug-likeness (QED) is 0.753. The minimum Gasteiger partial charge on any atom is -0.465 e. The molecular formula is C19H17N7O4. The average molecular weight is 407 g/mol. The Morgan fingerprint density at radius 1 is 1.17 bits per heavy atom. The van der Waals surface area contributed by atoms with Gasteiger partial charge in [-0.3, -0.25) is 14.6 Å². The van der Waals surface area contributed by atoms with Crippen LogP contribution in [0.5, 0.6) is 0 Å². The summed E-state index contributed by atoms with van der Waals surface area (Å²) in [6.45, 7) is 1.72. The molecule has 0 spiro atoms. The number of ether oxygens (including phenoxy) is 1. The number of fused-ring (bicyclic) bond motifs is 1. The molecule has 152 valence electrons. The SMILES string of the molecule is COC(=O)c1ccccc1C(=O)Nc1cc(C)nn1C1=NC(=O)C2C=NN(C)C2=N1. The van der Waals surface area contributed by atoms with Gasteiger partial charge in [0.15, 0.2) is 0 Å². The van der Waals surface area contributed by atoms with Crippen LogP contribution in [0.2, 0.25) is 0 Å². The molecule has 3 heterocycles. The number of esters is 1. The molecule has 1 unspecified atom stereocenters. The van der Waals surface area contributed by atoms with E-state index in [9.17, 15) is 14.4 Å². The van der Waals surface area contributed by atoms with E-state index in [0.717, 1.165) is 0 Å². The predicted molar refractivity (Wildman–Crippen MR) is 108 cm³/mol. The number of aromatic nitrogens is 2. The van der Waals surface area contributed by atoms with Crippen LogP contribution in [0, 0.1) is 12.8 Å². The molecule has 2 aliphatic rings. The lowest BCUT2D eigenvalue weighted by Gasteiger charge is -2.17. The van der Waals surface area contributed by atoms with E-state index >= 15 is 0 Å². The number of anilines is 1. The number of carbonyl (C=O) groups is 3. The number of methoxy groups -OCH3 is 1. The standard InChI is InChI=1S/C19H17N7O4/c1-10-8-14(21-16(27)11-6-4-5-7-12(11)18(29)30-3)26(24-10)19-22-15-13(17(28)23-19)9-20-25(15)2/h4-9,13H,1-3H3,(H,21,27). The Hall–Kier alpha value is -4.15. The van der Waals surface area contributed by atoms with Gasteiger partial charge in [-0.25, -0.2) is 4.79 Å². The number of amides is 2. The van der Waals surface area contributed by atoms with Crippen LogP contribution >= 0.6 is 0 Å². The summed E-state index contributed by atoms with van der Waals surface area (Å²) < 4.78 is 6.00. The first kappa shape index (κ1) is 19.2. The Labute approximate surface area is 170 Å². The highest BCUT2D eigenvalue weighted by Crippen LogP contribution is 2.20. The zero-order valence-corrected chi connectivity index (χ0v) is 16.4. The Morgan fingerprint density at radius 2 is 1.90 bits per heavy atom. The Kier molecular flexibility index (Phi) is 4.70. The molecule has 11 heteroatoms. The van der Waals surface area contributed by atoms with Crippen molar-refractivity contribution in [2.75, 3.05) is 19.5 Å². The van der Waals surface area contributed by atoms with Gasteiger partial charge in [-0.1, -0.05) is 12.1 Å². The third-order valence-electron chi connectivity index (χ3n) is 4.53. The molecule has 1 aromatic heterocycles. The molecule has 11 nitrogen and oxygen atoms in total. The molecule has 2 aromatic rings. The second kappa shape index (κ2) is 7.35. The van der Waals surface area contributed by atoms with Gasteiger partial charge in [-0.05, 0) is 19.1 Å². The van der Waals surface area contributed by atoms with Crippen LogP contribution in [0.1, 0.15) is 26.4 Å². The smallest absolute Gasteiger partial charge is 0.338 e. The number of nitrogens with one attached hydrogen (secondary N) is 1. The van der Waals surface area contributed by atoms with Crippen LogP contribution < -0.4 is 5.32 Å². The second-order valence-electron chi connectivity index (χ2n) is 6.56. The van der Waals surface area contributed by atoms with E-state index in [-0.39, 0.29) is 22.9 Å². The first-order valence-electron chi connectivity index (χ1n) is 8.93. The molecule has 4 rings (SSSR count). The van der Waals surface area contributed by atoms with Crippen LogP contribution in [-0.4, -0.2) is 64.7 Å². The zero-order chi connectivity index (χ0) is 21.4. The highest BCUT2D eigenvalue weighted by Gasteiger charge is 2.35. The van der Waals surface area contributed by atoms with Crippen molar-refractivity contribution in [2.45, 2.75) is 6.92 Å². The first-order valence-corrected chi connectivity index (χ1v) is 8.93. The number of aliphatic imine (C=N–C) groups is 2. The Balaban J connectivity index is 1.68. The van der Waals surface area contributed by atoms with Gasteiger partial charge in [0.25, 0.3) is 17.8 Å². The average Bonchev–Trinajstić information content (AvgIpc) is 3.30. The van der Waals surface area contributed by atoms with Crippen LogP contribution in [0.15, 0.2) is 45.4 Å². The van der Waals surface area contributed by atoms with Gasteiger partial charge in [-0.2, -0.15) is 24.9 Å². The molecule has 0 saturated heterocycles. The highest BCUT2D eigenvalue weighted by atomic mass is 16.5. The number of rotatable bonds is 3. The van der Waals surface area contributed by atoms with Gasteiger partial charge in [0, 0.05) is 19.3 Å². The third kappa shape index (κ3) is 3.26. The molecule has 0 saturated carbocycles. The monoisotopic (exact) mass is 407 g/mol. The number of hydrazone groups is 1. The van der Waals surface area contributed by atoms with Gasteiger partial charge in [0.1, 0.15) is 17.6 Å². The summed E-state index contributed by atoms with van der Waals surface area (Å²) in [5, 5.41) is 12.5. The van der Waals surface area contributed by atoms with Crippen LogP contribution in [-0.2, 0) is 9.53 Å². The van der Waals surface area contributed by atoms with Crippen molar-refractivity contribution in [2.24, 2.45) is 21.0 Å². The van der Waals surface area contributed by atoms with Crippen LogP contribution in [0.4, 0.5) is 5.82 Å². The molecule has 0 radical (unpaired) electrons. The lowest BCUT2D eigenvalue weighted by atomic mass is 10.1. The van der Waals surface area contributed by atoms with Gasteiger partial charge < -0.3 is 10.1 Å². The maximum Gasteiger partial charge on any atom is 0.338 e. The summed E-state index contributed by atoms with van der Waals surface area (Å²) >= 11 is 0. The number of hydrogen-bond donors (Lipinski definition) is 1. The number of aryl methyl sites for hydroxylation is 1. The van der Waals surface area contributed by atoms with Crippen molar-refractivity contribution >= 4 is 41.6 Å². The molecule has 0 fully saturated rings. The fraction of sp³-hybridized carbons (Fsp3) is 0.211. The van der Waals surface area contributed by atoms with E-state index in [1.54, 1.807) is 32.2 Å². The van der Waals surface area contributed by atoms with Crippen molar-refractivity contribution in [1.29, 1.82) is 0 Å². The lowest BCUT2D eigenvalue weighted by Crippen LogP contribution is -2.35. The minimum atomic E-state index is -0.630. The molecule has 2 amide bonds. The summed E-state index contributed by atoms with van der Waals surface area (Å²) in [6, 6.07) is 7.87. The largest absolute Gasteiger partial charge is 0.465 e. The molecule has 1 atom stereocenters. The number of carbonyl (C=O) groups excluding carboxylic acids is 3. The van der Waals surface area contributed by atoms with Crippen LogP contribution in [0.3, 0.4) is 0 Å². The molecule has 1 N–H and O–H groups in total. The van der Waals surface area contributed by atoms with Crippen molar-refractivity contribution in [3.63, 3.8) is 0 Å². The lowest BCUT2D eigenvalue weighted by molar-refractivity contribution is -0.118. The van der Waals surface area contributed by atoms with E-state index in [2.05, 4.69) is 25.5 Å². The van der Waals surface area contributed by atoms with E-state index in [4.69, 9.17) is 4.74 Å². The van der Waals surface area contributed by atoms with E-state index in [1.165, 1.54) is 35.1 Å². The van der Waals surface area contributed by atoms with Gasteiger partial charge in [0.05, 0.1) is 23.9 Å². The number of nitrogens with zero attached hydrogens (tertiary/aromatic N) is 6. The van der Waals surface area contributed by atoms with Crippen molar-refractivity contribution < 1.29 is 19.1 Å². The van der Waals surface area contributed by atoms with E-state index in [0.29, 0.717) is 11.5 Å². The summed E-state index contributed by atoms with van der Waals surface area (Å²) in [7, 11) is 2.91. The highest BCUT2D eigenvalue weighted by molar-refractivity contribution is 6.24. The van der Waals surface area contributed by atoms with Crippen LogP contribution in [0.25, 0.3) is 0 Å². The summed E-state index contributed by atoms with van der Waals surface area (Å²) in [4.78, 5) is 45.6. The maximum atomic E-state index is 12.9. The molecule has 2 aliphatic heterocycles. The van der Waals surface area contributed by atoms with Gasteiger partial charge in [0.2, 0.25) is 0 Å². The van der Waals surface area contributed by atoms with Crippen molar-refractivity contribution in [3.8, 4) is 0 Å². The zero-order valence-electron chi connectivity index (χ0n) is 16.4. The van der Waals surface area contributed by atoms with E-state index in [1.807, 2.05) is 0 Å². The molecule has 1 aromatic carbocycles. The predicted octanol–water partition coefficient (Wildman–Crippen LogP) is 0.921. The van der Waals surface area contributed by atoms with Crippen molar-refractivity contribution in [3.05, 3.63) is 47.2 Å². The summed E-state index contributed by atoms with van der Waals surface area (Å²) in [5.41, 5.74) is 0.824. The Morgan fingerprint density at radius 3 is 2.63 bits per heavy atom. The summed E-state index contributed by atoms with van der Waals surface area (Å²) in [6.07, 6.45) is 1.47. The van der Waals surface area contributed by atoms with Gasteiger partial charge >= 0.3 is 5.97 Å². The topological polar surface area (TPSA) is 131 Å². The maximum absolute atomic E-state index is 12.9. The molecular weight excluding hydrogens is 390 g/mol. The third-order valence-corrected chi connectivity index (χ3v) is 4.53. The normalized spacial score (nSPS) is 17.4. The second-order valence-corrected chi connectivity index (χ2v) is 6.56. The minimum absolute atomic E-state index is 0.00764. The first-order chi connectivity index (χ1) is 14.4. The number of hydrogen-bond acceptors (Lipinski definition) is 8. The fourth-order valence-electron chi connectivity index (χ4n) is 3.09. The number of benzene rings is 1. The number of amidine groups is 1. The van der Waals surface area contributed by atoms with E-state index < -0.39 is 23.7 Å². The molecule has 30 heavy (non-hydrogen) atoms. The van der Waals surface area contributed by atoms with Crippen molar-refractivity contribution in [1.82, 2.24) is 14.8 Å².